The number of hydrogen-bond donors (Lipinski definition) is 0. The Kier molecular flexibility index (Phi) is 5.32. The molecule has 0 N–H and O–H groups in total. The molecule has 0 fully saturated rings. The Bertz CT molecular complexity index is 823. The summed E-state index contributed by atoms with van der Waals surface area (Å²) >= 11 is 2.10. The molecule has 0 aliphatic rings. The van der Waals surface area contributed by atoms with Crippen molar-refractivity contribution >= 4 is 34.3 Å². The first-order valence-electron chi connectivity index (χ1n) is 7.25. The van der Waals surface area contributed by atoms with Crippen LogP contribution in [-0.2, 0) is 4.84 Å². The van der Waals surface area contributed by atoms with Gasteiger partial charge in [0.15, 0.2) is 0 Å². The molecular weight excluding hydrogens is 415 g/mol. The Morgan fingerprint density at radius 3 is 2.21 bits per heavy atom. The Labute approximate surface area is 153 Å². The van der Waals surface area contributed by atoms with E-state index in [0.717, 1.165) is 14.7 Å². The van der Waals surface area contributed by atoms with Gasteiger partial charge in [0.25, 0.3) is 0 Å². The number of benzene rings is 2. The monoisotopic (exact) mass is 428 g/mol. The van der Waals surface area contributed by atoms with E-state index in [0.29, 0.717) is 11.3 Å². The Hall–Kier alpha value is -2.54. The number of nitrogens with zero attached hydrogens (tertiary/aromatic N) is 2. The average molecular weight is 428 g/mol. The van der Waals surface area contributed by atoms with Crippen molar-refractivity contribution in [1.29, 1.82) is 0 Å². The molecular formula is C19H13IN2O2. The standard InChI is InChI=1S/C19H13IN2O2/c20-17-9-5-4-8-16(17)19(23)24-22-18(14-6-2-1-3-7-14)15-10-12-21-13-11-15/h1-13H/b22-18-. The predicted octanol–water partition coefficient (Wildman–Crippen LogP) is 4.30. The molecule has 0 saturated heterocycles. The molecule has 5 heteroatoms. The highest BCUT2D eigenvalue weighted by Crippen LogP contribution is 2.15. The second kappa shape index (κ2) is 7.83. The average Bonchev–Trinajstić information content (AvgIpc) is 2.64. The van der Waals surface area contributed by atoms with Crippen molar-refractivity contribution in [1.82, 2.24) is 4.98 Å². The van der Waals surface area contributed by atoms with Gasteiger partial charge in [-0.15, -0.1) is 0 Å². The van der Waals surface area contributed by atoms with E-state index < -0.39 is 5.97 Å². The van der Waals surface area contributed by atoms with Gasteiger partial charge in [-0.05, 0) is 46.9 Å². The van der Waals surface area contributed by atoms with Crippen LogP contribution in [0.5, 0.6) is 0 Å². The molecule has 0 bridgehead atoms. The van der Waals surface area contributed by atoms with Gasteiger partial charge in [-0.25, -0.2) is 4.79 Å². The summed E-state index contributed by atoms with van der Waals surface area (Å²) in [6.45, 7) is 0. The summed E-state index contributed by atoms with van der Waals surface area (Å²) in [5, 5.41) is 4.12. The van der Waals surface area contributed by atoms with Crippen LogP contribution in [0, 0.1) is 3.57 Å². The van der Waals surface area contributed by atoms with Gasteiger partial charge in [0, 0.05) is 27.1 Å². The Morgan fingerprint density at radius 2 is 1.50 bits per heavy atom. The summed E-state index contributed by atoms with van der Waals surface area (Å²) < 4.78 is 0.820. The minimum Gasteiger partial charge on any atom is -0.312 e. The number of hydrogen-bond acceptors (Lipinski definition) is 4. The molecule has 0 amide bonds. The molecule has 0 unspecified atom stereocenters. The van der Waals surface area contributed by atoms with Crippen molar-refractivity contribution < 1.29 is 9.63 Å². The summed E-state index contributed by atoms with van der Waals surface area (Å²) in [5.74, 6) is -0.484. The second-order valence-electron chi connectivity index (χ2n) is 4.90. The molecule has 24 heavy (non-hydrogen) atoms. The first kappa shape index (κ1) is 16.3. The first-order chi connectivity index (χ1) is 11.8. The van der Waals surface area contributed by atoms with Crippen molar-refractivity contribution in [3.8, 4) is 0 Å². The molecule has 0 spiro atoms. The SMILES string of the molecule is O=C(O/N=C(/c1ccccc1)c1ccncc1)c1ccccc1I. The lowest BCUT2D eigenvalue weighted by atomic mass is 10.0. The van der Waals surface area contributed by atoms with Crippen LogP contribution in [0.15, 0.2) is 84.3 Å². The third kappa shape index (κ3) is 3.86. The van der Waals surface area contributed by atoms with E-state index in [-0.39, 0.29) is 0 Å². The molecule has 0 saturated carbocycles. The lowest BCUT2D eigenvalue weighted by molar-refractivity contribution is 0.0516. The van der Waals surface area contributed by atoms with Gasteiger partial charge < -0.3 is 4.84 Å². The van der Waals surface area contributed by atoms with E-state index in [1.54, 1.807) is 24.5 Å². The largest absolute Gasteiger partial charge is 0.366 e. The molecule has 0 aliphatic heterocycles. The van der Waals surface area contributed by atoms with Gasteiger partial charge >= 0.3 is 5.97 Å². The van der Waals surface area contributed by atoms with Crippen molar-refractivity contribution in [3.63, 3.8) is 0 Å². The fraction of sp³-hybridized carbons (Fsp3) is 0. The fourth-order valence-electron chi connectivity index (χ4n) is 2.14. The van der Waals surface area contributed by atoms with Crippen molar-refractivity contribution in [2.45, 2.75) is 0 Å². The molecule has 0 radical (unpaired) electrons. The van der Waals surface area contributed by atoms with Crippen LogP contribution >= 0.6 is 22.6 Å². The van der Waals surface area contributed by atoms with Gasteiger partial charge in [-0.1, -0.05) is 47.6 Å². The molecule has 0 atom stereocenters. The molecule has 0 aliphatic carbocycles. The zero-order valence-corrected chi connectivity index (χ0v) is 14.8. The van der Waals surface area contributed by atoms with Crippen molar-refractivity contribution in [2.24, 2.45) is 5.16 Å². The number of aromatic nitrogens is 1. The molecule has 2 aromatic carbocycles. The zero-order chi connectivity index (χ0) is 16.8. The number of carbonyl (C=O) groups excluding carboxylic acids is 1. The third-order valence-corrected chi connectivity index (χ3v) is 4.26. The lowest BCUT2D eigenvalue weighted by Gasteiger charge is -2.07. The highest BCUT2D eigenvalue weighted by Gasteiger charge is 2.13. The minimum atomic E-state index is -0.484. The van der Waals surface area contributed by atoms with E-state index in [2.05, 4.69) is 32.7 Å². The van der Waals surface area contributed by atoms with Crippen LogP contribution in [0.1, 0.15) is 21.5 Å². The summed E-state index contributed by atoms with van der Waals surface area (Å²) in [6, 6.07) is 20.5. The summed E-state index contributed by atoms with van der Waals surface area (Å²) in [7, 11) is 0. The molecule has 4 nitrogen and oxygen atoms in total. The Balaban J connectivity index is 1.93. The normalized spacial score (nSPS) is 11.1. The number of pyridine rings is 1. The van der Waals surface area contributed by atoms with Crippen LogP contribution in [0.25, 0.3) is 0 Å². The van der Waals surface area contributed by atoms with Crippen molar-refractivity contribution in [3.05, 3.63) is 99.4 Å². The second-order valence-corrected chi connectivity index (χ2v) is 6.06. The maximum Gasteiger partial charge on any atom is 0.366 e. The first-order valence-corrected chi connectivity index (χ1v) is 8.33. The predicted molar refractivity (Wildman–Crippen MR) is 101 cm³/mol. The van der Waals surface area contributed by atoms with Crippen LogP contribution in [0.3, 0.4) is 0 Å². The summed E-state index contributed by atoms with van der Waals surface area (Å²) in [4.78, 5) is 21.5. The third-order valence-electron chi connectivity index (χ3n) is 3.31. The van der Waals surface area contributed by atoms with Crippen molar-refractivity contribution in [2.75, 3.05) is 0 Å². The smallest absolute Gasteiger partial charge is 0.312 e. The van der Waals surface area contributed by atoms with E-state index in [9.17, 15) is 4.79 Å². The van der Waals surface area contributed by atoms with Crippen LogP contribution in [0.2, 0.25) is 0 Å². The minimum absolute atomic E-state index is 0.484. The maximum absolute atomic E-state index is 12.3. The summed E-state index contributed by atoms with van der Waals surface area (Å²) in [6.07, 6.45) is 3.35. The highest BCUT2D eigenvalue weighted by molar-refractivity contribution is 14.1. The Morgan fingerprint density at radius 1 is 0.875 bits per heavy atom. The number of oxime groups is 1. The van der Waals surface area contributed by atoms with Gasteiger partial charge in [0.1, 0.15) is 5.71 Å². The van der Waals surface area contributed by atoms with E-state index in [4.69, 9.17) is 4.84 Å². The van der Waals surface area contributed by atoms with Crippen LogP contribution < -0.4 is 0 Å². The quantitative estimate of drug-likeness (QED) is 0.270. The van der Waals surface area contributed by atoms with E-state index in [1.807, 2.05) is 54.6 Å². The molecule has 1 aromatic heterocycles. The summed E-state index contributed by atoms with van der Waals surface area (Å²) in [5.41, 5.74) is 2.76. The molecule has 3 aromatic rings. The van der Waals surface area contributed by atoms with E-state index in [1.165, 1.54) is 0 Å². The number of carbonyl (C=O) groups is 1. The van der Waals surface area contributed by atoms with Crippen LogP contribution in [-0.4, -0.2) is 16.7 Å². The number of halogens is 1. The van der Waals surface area contributed by atoms with E-state index >= 15 is 0 Å². The molecule has 1 heterocycles. The number of rotatable bonds is 4. The molecule has 118 valence electrons. The topological polar surface area (TPSA) is 51.5 Å². The van der Waals surface area contributed by atoms with Gasteiger partial charge in [0.2, 0.25) is 0 Å². The highest BCUT2D eigenvalue weighted by atomic mass is 127. The van der Waals surface area contributed by atoms with Crippen LogP contribution in [0.4, 0.5) is 0 Å². The zero-order valence-electron chi connectivity index (χ0n) is 12.6. The lowest BCUT2D eigenvalue weighted by Crippen LogP contribution is -2.08. The van der Waals surface area contributed by atoms with Gasteiger partial charge in [0.05, 0.1) is 5.56 Å². The van der Waals surface area contributed by atoms with Gasteiger partial charge in [-0.3, -0.25) is 4.98 Å². The molecule has 3 rings (SSSR count). The van der Waals surface area contributed by atoms with Gasteiger partial charge in [-0.2, -0.15) is 0 Å². The maximum atomic E-state index is 12.3. The fourth-order valence-corrected chi connectivity index (χ4v) is 2.75.